The second kappa shape index (κ2) is 11.9. The summed E-state index contributed by atoms with van der Waals surface area (Å²) in [5.41, 5.74) is 1.65. The van der Waals surface area contributed by atoms with E-state index in [2.05, 4.69) is 10.3 Å². The summed E-state index contributed by atoms with van der Waals surface area (Å²) in [5, 5.41) is 13.0. The monoisotopic (exact) mass is 512 g/mol. The first-order valence-corrected chi connectivity index (χ1v) is 13.1. The summed E-state index contributed by atoms with van der Waals surface area (Å²) in [7, 11) is 1.75. The van der Waals surface area contributed by atoms with E-state index in [0.717, 1.165) is 31.2 Å². The van der Waals surface area contributed by atoms with Crippen LogP contribution in [0.2, 0.25) is 0 Å². The maximum Gasteiger partial charge on any atom is 0.317 e. The van der Waals surface area contributed by atoms with E-state index in [1.807, 2.05) is 6.92 Å². The zero-order valence-electron chi connectivity index (χ0n) is 21.8. The number of carbonyl (C=O) groups excluding carboxylic acids is 2. The Kier molecular flexibility index (Phi) is 8.63. The summed E-state index contributed by atoms with van der Waals surface area (Å²) in [6, 6.07) is 7.32. The van der Waals surface area contributed by atoms with Crippen molar-refractivity contribution in [3.63, 3.8) is 0 Å². The Labute approximate surface area is 217 Å². The number of hydrogen-bond acceptors (Lipinski definition) is 5. The lowest BCUT2D eigenvalue weighted by Gasteiger charge is -2.38. The molecule has 9 heteroatoms. The van der Waals surface area contributed by atoms with Gasteiger partial charge in [-0.3, -0.25) is 4.79 Å². The van der Waals surface area contributed by atoms with Crippen molar-refractivity contribution in [3.8, 4) is 17.0 Å². The average Bonchev–Trinajstić information content (AvgIpc) is 2.91. The number of likely N-dealkylation sites (N-methyl/N-ethyl adjacent to an activating group) is 1. The Bertz CT molecular complexity index is 1090. The van der Waals surface area contributed by atoms with E-state index in [9.17, 15) is 19.1 Å². The Morgan fingerprint density at radius 3 is 2.62 bits per heavy atom. The van der Waals surface area contributed by atoms with Gasteiger partial charge in [-0.25, -0.2) is 14.2 Å². The number of nitrogens with zero attached hydrogens (tertiary/aromatic N) is 3. The number of urea groups is 1. The van der Waals surface area contributed by atoms with E-state index >= 15 is 0 Å². The molecule has 200 valence electrons. The van der Waals surface area contributed by atoms with Crippen molar-refractivity contribution >= 4 is 11.9 Å². The molecule has 4 rings (SSSR count). The van der Waals surface area contributed by atoms with Crippen LogP contribution in [-0.2, 0) is 0 Å². The van der Waals surface area contributed by atoms with Gasteiger partial charge in [0.15, 0.2) is 0 Å². The highest BCUT2D eigenvalue weighted by Crippen LogP contribution is 2.30. The van der Waals surface area contributed by atoms with Gasteiger partial charge in [-0.05, 0) is 43.5 Å². The number of aliphatic hydroxyl groups excluding tert-OH is 1. The summed E-state index contributed by atoms with van der Waals surface area (Å²) in [4.78, 5) is 34.2. The molecule has 1 aromatic carbocycles. The minimum Gasteiger partial charge on any atom is -0.472 e. The highest BCUT2D eigenvalue weighted by atomic mass is 19.1. The molecule has 2 heterocycles. The second-order valence-corrected chi connectivity index (χ2v) is 10.4. The predicted molar refractivity (Wildman–Crippen MR) is 139 cm³/mol. The summed E-state index contributed by atoms with van der Waals surface area (Å²) in [5.74, 6) is -0.585. The van der Waals surface area contributed by atoms with Gasteiger partial charge in [-0.15, -0.1) is 0 Å². The Hall–Kier alpha value is -3.20. The van der Waals surface area contributed by atoms with Crippen molar-refractivity contribution < 1.29 is 23.8 Å². The normalized spacial score (nSPS) is 21.3. The van der Waals surface area contributed by atoms with Crippen molar-refractivity contribution in [2.24, 2.45) is 5.92 Å². The first-order chi connectivity index (χ1) is 17.8. The Morgan fingerprint density at radius 2 is 1.95 bits per heavy atom. The molecule has 1 fully saturated rings. The molecule has 2 aromatic rings. The van der Waals surface area contributed by atoms with E-state index in [-0.39, 0.29) is 47.8 Å². The van der Waals surface area contributed by atoms with Gasteiger partial charge >= 0.3 is 6.03 Å². The van der Waals surface area contributed by atoms with E-state index in [1.165, 1.54) is 18.6 Å². The van der Waals surface area contributed by atoms with Gasteiger partial charge in [0.1, 0.15) is 17.5 Å². The quantitative estimate of drug-likeness (QED) is 0.608. The number of aliphatic hydroxyl groups is 1. The largest absolute Gasteiger partial charge is 0.472 e. The van der Waals surface area contributed by atoms with E-state index < -0.39 is 12.1 Å². The number of nitrogens with one attached hydrogen (secondary N) is 1. The standard InChI is InChI=1S/C28H37FN4O4/c1-18-15-33(19(2)17-34)27(35)24-13-21(20-9-11-22(29)12-10-20)14-30-26(24)37-25(18)16-32(3)28(36)31-23-7-5-4-6-8-23/h9-14,18-19,23,25,34H,4-8,15-17H2,1-3H3,(H,31,36)/t18-,19+,25-/m0/s1. The third-order valence-electron chi connectivity index (χ3n) is 7.43. The lowest BCUT2D eigenvalue weighted by atomic mass is 9.96. The Balaban J connectivity index is 1.60. The van der Waals surface area contributed by atoms with Crippen LogP contribution in [0.1, 0.15) is 56.3 Å². The second-order valence-electron chi connectivity index (χ2n) is 10.4. The van der Waals surface area contributed by atoms with Gasteiger partial charge in [0.05, 0.1) is 19.2 Å². The molecule has 0 bridgehead atoms. The number of pyridine rings is 1. The maximum atomic E-state index is 13.6. The summed E-state index contributed by atoms with van der Waals surface area (Å²) in [6.45, 7) is 4.25. The van der Waals surface area contributed by atoms with Crippen LogP contribution in [-0.4, -0.2) is 76.8 Å². The third kappa shape index (κ3) is 6.39. The molecule has 37 heavy (non-hydrogen) atoms. The number of carbonyl (C=O) groups is 2. The molecule has 3 atom stereocenters. The highest BCUT2D eigenvalue weighted by molar-refractivity contribution is 5.98. The van der Waals surface area contributed by atoms with Crippen LogP contribution in [0, 0.1) is 11.7 Å². The van der Waals surface area contributed by atoms with Crippen molar-refractivity contribution in [2.75, 3.05) is 26.7 Å². The summed E-state index contributed by atoms with van der Waals surface area (Å²) < 4.78 is 19.7. The van der Waals surface area contributed by atoms with E-state index in [4.69, 9.17) is 4.74 Å². The van der Waals surface area contributed by atoms with Gasteiger partial charge in [0.2, 0.25) is 5.88 Å². The van der Waals surface area contributed by atoms with Gasteiger partial charge in [0.25, 0.3) is 5.91 Å². The van der Waals surface area contributed by atoms with Crippen LogP contribution >= 0.6 is 0 Å². The predicted octanol–water partition coefficient (Wildman–Crippen LogP) is 4.08. The minimum atomic E-state index is -0.425. The topological polar surface area (TPSA) is 95.0 Å². The molecule has 0 saturated heterocycles. The fourth-order valence-electron chi connectivity index (χ4n) is 5.00. The number of halogens is 1. The third-order valence-corrected chi connectivity index (χ3v) is 7.43. The highest BCUT2D eigenvalue weighted by Gasteiger charge is 2.35. The van der Waals surface area contributed by atoms with Crippen LogP contribution in [0.3, 0.4) is 0 Å². The SMILES string of the molecule is C[C@H](CO)N1C[C@H](C)[C@H](CN(C)C(=O)NC2CCCCC2)Oc2ncc(-c3ccc(F)cc3)cc2C1=O. The smallest absolute Gasteiger partial charge is 0.317 e. The lowest BCUT2D eigenvalue weighted by molar-refractivity contribution is 0.0351. The first kappa shape index (κ1) is 26.9. The molecule has 8 nitrogen and oxygen atoms in total. The van der Waals surface area contributed by atoms with Gasteiger partial charge < -0.3 is 25.0 Å². The number of aromatic nitrogens is 1. The number of benzene rings is 1. The van der Waals surface area contributed by atoms with E-state index in [0.29, 0.717) is 18.7 Å². The Morgan fingerprint density at radius 1 is 1.24 bits per heavy atom. The maximum absolute atomic E-state index is 13.6. The van der Waals surface area contributed by atoms with Gasteiger partial charge in [0, 0.05) is 37.3 Å². The zero-order chi connectivity index (χ0) is 26.5. The van der Waals surface area contributed by atoms with Crippen molar-refractivity contribution in [1.29, 1.82) is 0 Å². The summed E-state index contributed by atoms with van der Waals surface area (Å²) >= 11 is 0. The molecule has 1 saturated carbocycles. The molecule has 0 spiro atoms. The fourth-order valence-corrected chi connectivity index (χ4v) is 5.00. The lowest BCUT2D eigenvalue weighted by Crippen LogP contribution is -2.52. The van der Waals surface area contributed by atoms with Crippen molar-refractivity contribution in [1.82, 2.24) is 20.1 Å². The van der Waals surface area contributed by atoms with Crippen LogP contribution in [0.15, 0.2) is 36.5 Å². The van der Waals surface area contributed by atoms with Crippen molar-refractivity contribution in [3.05, 3.63) is 47.9 Å². The first-order valence-electron chi connectivity index (χ1n) is 13.1. The number of amides is 3. The van der Waals surface area contributed by atoms with Crippen LogP contribution in [0.4, 0.5) is 9.18 Å². The molecule has 0 unspecified atom stereocenters. The fraction of sp³-hybridized carbons (Fsp3) is 0.536. The van der Waals surface area contributed by atoms with Gasteiger partial charge in [-0.1, -0.05) is 38.3 Å². The molecular weight excluding hydrogens is 475 g/mol. The molecule has 1 aromatic heterocycles. The van der Waals surface area contributed by atoms with Crippen LogP contribution in [0.5, 0.6) is 5.88 Å². The molecule has 1 aliphatic carbocycles. The minimum absolute atomic E-state index is 0.130. The van der Waals surface area contributed by atoms with Crippen molar-refractivity contribution in [2.45, 2.75) is 64.1 Å². The molecule has 2 aliphatic rings. The molecule has 2 N–H and O–H groups in total. The number of fused-ring (bicyclic) bond motifs is 1. The molecule has 3 amide bonds. The van der Waals surface area contributed by atoms with Crippen LogP contribution < -0.4 is 10.1 Å². The zero-order valence-corrected chi connectivity index (χ0v) is 21.8. The van der Waals surface area contributed by atoms with Crippen LogP contribution in [0.25, 0.3) is 11.1 Å². The molecular formula is C28H37FN4O4. The number of rotatable bonds is 6. The molecule has 0 radical (unpaired) electrons. The average molecular weight is 513 g/mol. The molecule has 1 aliphatic heterocycles. The van der Waals surface area contributed by atoms with E-state index in [1.54, 1.807) is 48.2 Å². The van der Waals surface area contributed by atoms with Gasteiger partial charge in [-0.2, -0.15) is 0 Å². The number of ether oxygens (including phenoxy) is 1. The summed E-state index contributed by atoms with van der Waals surface area (Å²) in [6.07, 6.45) is 6.65. The number of hydrogen-bond donors (Lipinski definition) is 2.